The molecular formula is C19H22ClN5O. The number of fused-ring (bicyclic) bond motifs is 2. The SMILES string of the molecule is Cn1cc(CCNC(=O)c2n[nH]c3c2CNC3(C)C)c2ccc(Cl)cc21. The van der Waals surface area contributed by atoms with Crippen LogP contribution in [-0.2, 0) is 25.6 Å². The highest BCUT2D eigenvalue weighted by molar-refractivity contribution is 6.31. The van der Waals surface area contributed by atoms with E-state index in [0.717, 1.165) is 33.6 Å². The Kier molecular flexibility index (Phi) is 4.04. The minimum atomic E-state index is -0.176. The number of hydrogen-bond acceptors (Lipinski definition) is 3. The lowest BCUT2D eigenvalue weighted by atomic mass is 10.0. The molecule has 0 spiro atoms. The van der Waals surface area contributed by atoms with E-state index in [4.69, 9.17) is 11.6 Å². The maximum atomic E-state index is 12.5. The van der Waals surface area contributed by atoms with Gasteiger partial charge in [-0.25, -0.2) is 0 Å². The number of carbonyl (C=O) groups excluding carboxylic acids is 1. The number of aromatic nitrogens is 3. The van der Waals surface area contributed by atoms with Gasteiger partial charge in [0.25, 0.3) is 5.91 Å². The fourth-order valence-electron chi connectivity index (χ4n) is 3.67. The van der Waals surface area contributed by atoms with Crippen molar-refractivity contribution in [3.05, 3.63) is 51.9 Å². The van der Waals surface area contributed by atoms with Gasteiger partial charge in [-0.3, -0.25) is 9.89 Å². The van der Waals surface area contributed by atoms with E-state index in [-0.39, 0.29) is 11.4 Å². The minimum Gasteiger partial charge on any atom is -0.350 e. The molecule has 1 amide bonds. The van der Waals surface area contributed by atoms with Crippen molar-refractivity contribution in [2.24, 2.45) is 7.05 Å². The number of rotatable bonds is 4. The molecule has 4 rings (SSSR count). The average Bonchev–Trinajstić information content (AvgIpc) is 3.23. The second kappa shape index (κ2) is 6.14. The van der Waals surface area contributed by atoms with Crippen molar-refractivity contribution in [3.8, 4) is 0 Å². The molecule has 136 valence electrons. The second-order valence-corrected chi connectivity index (χ2v) is 7.77. The summed E-state index contributed by atoms with van der Waals surface area (Å²) >= 11 is 6.08. The molecule has 3 heterocycles. The van der Waals surface area contributed by atoms with Gasteiger partial charge in [0.15, 0.2) is 5.69 Å². The largest absolute Gasteiger partial charge is 0.350 e. The predicted molar refractivity (Wildman–Crippen MR) is 102 cm³/mol. The Labute approximate surface area is 156 Å². The molecule has 1 aliphatic heterocycles. The fraction of sp³-hybridized carbons (Fsp3) is 0.368. The van der Waals surface area contributed by atoms with Crippen LogP contribution in [-0.4, -0.2) is 27.2 Å². The van der Waals surface area contributed by atoms with E-state index in [9.17, 15) is 4.79 Å². The van der Waals surface area contributed by atoms with Crippen molar-refractivity contribution < 1.29 is 4.79 Å². The molecule has 1 aromatic carbocycles. The molecule has 0 fully saturated rings. The second-order valence-electron chi connectivity index (χ2n) is 7.34. The third kappa shape index (κ3) is 2.79. The molecule has 7 heteroatoms. The summed E-state index contributed by atoms with van der Waals surface area (Å²) in [5, 5.41) is 15.5. The Morgan fingerprint density at radius 1 is 1.42 bits per heavy atom. The van der Waals surface area contributed by atoms with Crippen LogP contribution in [0.3, 0.4) is 0 Å². The van der Waals surface area contributed by atoms with E-state index in [0.29, 0.717) is 18.8 Å². The maximum Gasteiger partial charge on any atom is 0.272 e. The summed E-state index contributed by atoms with van der Waals surface area (Å²) in [7, 11) is 2.00. The molecule has 26 heavy (non-hydrogen) atoms. The van der Waals surface area contributed by atoms with Gasteiger partial charge in [-0.1, -0.05) is 17.7 Å². The maximum absolute atomic E-state index is 12.5. The van der Waals surface area contributed by atoms with Gasteiger partial charge in [0.1, 0.15) is 0 Å². The number of amides is 1. The summed E-state index contributed by atoms with van der Waals surface area (Å²) in [5.41, 5.74) is 4.56. The Balaban J connectivity index is 1.45. The number of aromatic amines is 1. The molecule has 1 aliphatic rings. The van der Waals surface area contributed by atoms with Crippen LogP contribution in [0.25, 0.3) is 10.9 Å². The topological polar surface area (TPSA) is 74.7 Å². The van der Waals surface area contributed by atoms with E-state index < -0.39 is 0 Å². The van der Waals surface area contributed by atoms with E-state index in [1.165, 1.54) is 5.56 Å². The van der Waals surface area contributed by atoms with Gasteiger partial charge in [0.2, 0.25) is 0 Å². The van der Waals surface area contributed by atoms with E-state index in [1.807, 2.05) is 25.2 Å². The van der Waals surface area contributed by atoms with Crippen molar-refractivity contribution in [1.82, 2.24) is 25.4 Å². The van der Waals surface area contributed by atoms with Gasteiger partial charge >= 0.3 is 0 Å². The Morgan fingerprint density at radius 3 is 3.04 bits per heavy atom. The van der Waals surface area contributed by atoms with Gasteiger partial charge in [0.05, 0.1) is 11.2 Å². The van der Waals surface area contributed by atoms with Gasteiger partial charge in [-0.05, 0) is 38.0 Å². The first-order valence-electron chi connectivity index (χ1n) is 8.71. The van der Waals surface area contributed by atoms with E-state index in [1.54, 1.807) is 0 Å². The van der Waals surface area contributed by atoms with Crippen LogP contribution in [0.4, 0.5) is 0 Å². The summed E-state index contributed by atoms with van der Waals surface area (Å²) in [6, 6.07) is 5.89. The molecular weight excluding hydrogens is 350 g/mol. The number of halogens is 1. The molecule has 3 N–H and O–H groups in total. The number of H-pyrrole nitrogens is 1. The van der Waals surface area contributed by atoms with Crippen molar-refractivity contribution in [2.45, 2.75) is 32.4 Å². The highest BCUT2D eigenvalue weighted by atomic mass is 35.5. The van der Waals surface area contributed by atoms with Crippen LogP contribution in [0, 0.1) is 0 Å². The molecule has 0 radical (unpaired) electrons. The fourth-order valence-corrected chi connectivity index (χ4v) is 3.84. The highest BCUT2D eigenvalue weighted by Gasteiger charge is 2.35. The van der Waals surface area contributed by atoms with Gasteiger partial charge in [-0.15, -0.1) is 0 Å². The zero-order chi connectivity index (χ0) is 18.5. The van der Waals surface area contributed by atoms with Crippen LogP contribution in [0.1, 0.15) is 41.2 Å². The van der Waals surface area contributed by atoms with Gasteiger partial charge in [0, 0.05) is 47.8 Å². The Morgan fingerprint density at radius 2 is 2.23 bits per heavy atom. The molecule has 0 saturated carbocycles. The van der Waals surface area contributed by atoms with Gasteiger partial charge < -0.3 is 15.2 Å². The number of hydrogen-bond donors (Lipinski definition) is 3. The summed E-state index contributed by atoms with van der Waals surface area (Å²) < 4.78 is 2.06. The third-order valence-electron chi connectivity index (χ3n) is 5.13. The average molecular weight is 372 g/mol. The highest BCUT2D eigenvalue weighted by Crippen LogP contribution is 2.30. The molecule has 0 unspecified atom stereocenters. The lowest BCUT2D eigenvalue weighted by Gasteiger charge is -2.17. The van der Waals surface area contributed by atoms with Crippen LogP contribution < -0.4 is 10.6 Å². The number of benzene rings is 1. The molecule has 0 saturated heterocycles. The summed E-state index contributed by atoms with van der Waals surface area (Å²) in [6.45, 7) is 5.36. The van der Waals surface area contributed by atoms with Gasteiger partial charge in [-0.2, -0.15) is 5.10 Å². The first-order chi connectivity index (χ1) is 12.4. The normalized spacial score (nSPS) is 15.4. The van der Waals surface area contributed by atoms with Crippen molar-refractivity contribution in [3.63, 3.8) is 0 Å². The number of nitrogens with zero attached hydrogens (tertiary/aromatic N) is 2. The molecule has 0 aliphatic carbocycles. The Hall–Kier alpha value is -2.31. The van der Waals surface area contributed by atoms with Crippen molar-refractivity contribution >= 4 is 28.4 Å². The molecule has 6 nitrogen and oxygen atoms in total. The van der Waals surface area contributed by atoms with Crippen LogP contribution >= 0.6 is 11.6 Å². The van der Waals surface area contributed by atoms with Crippen LogP contribution in [0.5, 0.6) is 0 Å². The van der Waals surface area contributed by atoms with Crippen molar-refractivity contribution in [2.75, 3.05) is 6.54 Å². The van der Waals surface area contributed by atoms with Crippen LogP contribution in [0.15, 0.2) is 24.4 Å². The zero-order valence-corrected chi connectivity index (χ0v) is 15.9. The van der Waals surface area contributed by atoms with Crippen LogP contribution in [0.2, 0.25) is 5.02 Å². The standard InChI is InChI=1S/C19H22ClN5O/c1-19(2)17-14(9-22-19)16(23-24-17)18(26)21-7-6-11-10-25(3)15-8-12(20)4-5-13(11)15/h4-5,8,10,22H,6-7,9H2,1-3H3,(H,21,26)(H,23,24). The molecule has 2 aromatic heterocycles. The number of carbonyl (C=O) groups is 1. The summed E-state index contributed by atoms with van der Waals surface area (Å²) in [6.07, 6.45) is 2.84. The molecule has 0 bridgehead atoms. The van der Waals surface area contributed by atoms with Crippen molar-refractivity contribution in [1.29, 1.82) is 0 Å². The number of aryl methyl sites for hydroxylation is 1. The quantitative estimate of drug-likeness (QED) is 0.660. The number of nitrogens with one attached hydrogen (secondary N) is 3. The first kappa shape index (κ1) is 17.1. The zero-order valence-electron chi connectivity index (χ0n) is 15.1. The van der Waals surface area contributed by atoms with E-state index in [2.05, 4.69) is 45.4 Å². The summed E-state index contributed by atoms with van der Waals surface area (Å²) in [5.74, 6) is -0.134. The predicted octanol–water partition coefficient (Wildman–Crippen LogP) is 2.87. The lowest BCUT2D eigenvalue weighted by molar-refractivity contribution is 0.0948. The first-order valence-corrected chi connectivity index (χ1v) is 9.09. The van der Waals surface area contributed by atoms with E-state index >= 15 is 0 Å². The Bertz CT molecular complexity index is 1000. The monoisotopic (exact) mass is 371 g/mol. The lowest BCUT2D eigenvalue weighted by Crippen LogP contribution is -2.30. The molecule has 3 aromatic rings. The molecule has 0 atom stereocenters. The summed E-state index contributed by atoms with van der Waals surface area (Å²) in [4.78, 5) is 12.5. The smallest absolute Gasteiger partial charge is 0.272 e. The third-order valence-corrected chi connectivity index (χ3v) is 5.36. The minimum absolute atomic E-state index is 0.134.